The molecule has 0 aliphatic rings. The quantitative estimate of drug-likeness (QED) is 0.737. The fourth-order valence-corrected chi connectivity index (χ4v) is 2.23. The number of H-pyrrole nitrogens is 1. The molecule has 0 saturated carbocycles. The molecule has 0 spiro atoms. The maximum absolute atomic E-state index is 11.8. The van der Waals surface area contributed by atoms with E-state index < -0.39 is 16.0 Å². The van der Waals surface area contributed by atoms with Crippen molar-refractivity contribution >= 4 is 16.0 Å². The minimum atomic E-state index is -3.78. The van der Waals surface area contributed by atoms with Crippen molar-refractivity contribution in [3.05, 3.63) is 42.5 Å². The summed E-state index contributed by atoms with van der Waals surface area (Å²) in [6, 6.07) is 4.36. The number of aromatic amines is 1. The standard InChI is InChI=1S/C9H9N3O4S/c13-9(14)8-5-7(6-10-8)17(15,16)11-12-3-1-2-4-12/h1-6,10-11H,(H,13,14). The van der Waals surface area contributed by atoms with Crippen LogP contribution in [-0.4, -0.2) is 29.2 Å². The van der Waals surface area contributed by atoms with Crippen LogP contribution in [-0.2, 0) is 10.0 Å². The van der Waals surface area contributed by atoms with Gasteiger partial charge < -0.3 is 10.1 Å². The first kappa shape index (κ1) is 11.3. The molecule has 3 N–H and O–H groups in total. The molecule has 2 rings (SSSR count). The van der Waals surface area contributed by atoms with Crippen LogP contribution in [0, 0.1) is 0 Å². The maximum Gasteiger partial charge on any atom is 0.352 e. The zero-order chi connectivity index (χ0) is 12.5. The molecule has 0 amide bonds. The molecule has 0 aliphatic carbocycles. The van der Waals surface area contributed by atoms with Crippen LogP contribution in [0.25, 0.3) is 0 Å². The van der Waals surface area contributed by atoms with Crippen LogP contribution < -0.4 is 4.83 Å². The van der Waals surface area contributed by atoms with Gasteiger partial charge in [0.05, 0.1) is 0 Å². The van der Waals surface area contributed by atoms with Crippen molar-refractivity contribution in [2.45, 2.75) is 4.90 Å². The number of rotatable bonds is 4. The molecule has 2 aromatic rings. The number of sulfonamides is 1. The van der Waals surface area contributed by atoms with Crippen molar-refractivity contribution in [3.8, 4) is 0 Å². The third-order valence-corrected chi connectivity index (χ3v) is 3.33. The minimum Gasteiger partial charge on any atom is -0.477 e. The van der Waals surface area contributed by atoms with E-state index >= 15 is 0 Å². The molecule has 0 fully saturated rings. The van der Waals surface area contributed by atoms with E-state index in [0.29, 0.717) is 0 Å². The molecule has 0 atom stereocenters. The monoisotopic (exact) mass is 255 g/mol. The van der Waals surface area contributed by atoms with Crippen LogP contribution in [0.15, 0.2) is 41.7 Å². The summed E-state index contributed by atoms with van der Waals surface area (Å²) in [5.41, 5.74) is -0.183. The number of hydrogen-bond acceptors (Lipinski definition) is 3. The molecule has 90 valence electrons. The van der Waals surface area contributed by atoms with Crippen molar-refractivity contribution in [2.24, 2.45) is 0 Å². The molecule has 7 nitrogen and oxygen atoms in total. The third-order valence-electron chi connectivity index (χ3n) is 2.03. The molecule has 2 aromatic heterocycles. The van der Waals surface area contributed by atoms with Gasteiger partial charge in [-0.1, -0.05) is 0 Å². The molecule has 2 heterocycles. The Morgan fingerprint density at radius 3 is 2.53 bits per heavy atom. The Hall–Kier alpha value is -2.22. The van der Waals surface area contributed by atoms with Gasteiger partial charge in [0.2, 0.25) is 0 Å². The Morgan fingerprint density at radius 2 is 2.00 bits per heavy atom. The summed E-state index contributed by atoms with van der Waals surface area (Å²) in [5.74, 6) is -1.22. The van der Waals surface area contributed by atoms with Gasteiger partial charge in [-0.3, -0.25) is 4.68 Å². The zero-order valence-electron chi connectivity index (χ0n) is 8.49. The Kier molecular flexibility index (Phi) is 2.64. The molecule has 0 unspecified atom stereocenters. The molecule has 8 heteroatoms. The molecule has 0 saturated heterocycles. The van der Waals surface area contributed by atoms with Gasteiger partial charge in [0.15, 0.2) is 0 Å². The SMILES string of the molecule is O=C(O)c1cc(S(=O)(=O)Nn2cccc2)c[nH]1. The number of nitrogens with zero attached hydrogens (tertiary/aromatic N) is 1. The van der Waals surface area contributed by atoms with Gasteiger partial charge in [-0.2, -0.15) is 8.42 Å². The van der Waals surface area contributed by atoms with E-state index in [1.165, 1.54) is 17.1 Å². The third kappa shape index (κ3) is 2.31. The molecule has 0 bridgehead atoms. The first-order valence-corrected chi connectivity index (χ1v) is 6.05. The van der Waals surface area contributed by atoms with Crippen LogP contribution >= 0.6 is 0 Å². The molecule has 17 heavy (non-hydrogen) atoms. The summed E-state index contributed by atoms with van der Waals surface area (Å²) in [6.45, 7) is 0. The summed E-state index contributed by atoms with van der Waals surface area (Å²) >= 11 is 0. The maximum atomic E-state index is 11.8. The highest BCUT2D eigenvalue weighted by atomic mass is 32.2. The van der Waals surface area contributed by atoms with Gasteiger partial charge in [0.25, 0.3) is 10.0 Å². The average Bonchev–Trinajstić information content (AvgIpc) is 2.84. The van der Waals surface area contributed by atoms with Crippen molar-refractivity contribution in [2.75, 3.05) is 4.83 Å². The Labute approximate surface area is 96.7 Å². The van der Waals surface area contributed by atoms with E-state index in [4.69, 9.17) is 5.11 Å². The summed E-state index contributed by atoms with van der Waals surface area (Å²) < 4.78 is 24.8. The number of aromatic nitrogens is 2. The second-order valence-corrected chi connectivity index (χ2v) is 4.90. The predicted molar refractivity (Wildman–Crippen MR) is 58.7 cm³/mol. The van der Waals surface area contributed by atoms with Crippen LogP contribution in [0.1, 0.15) is 10.5 Å². The summed E-state index contributed by atoms with van der Waals surface area (Å²) in [5, 5.41) is 8.67. The number of carboxylic acids is 1. The zero-order valence-corrected chi connectivity index (χ0v) is 9.31. The molecular formula is C9H9N3O4S. The van der Waals surface area contributed by atoms with Crippen LogP contribution in [0.5, 0.6) is 0 Å². The van der Waals surface area contributed by atoms with Gasteiger partial charge in [0, 0.05) is 18.6 Å². The largest absolute Gasteiger partial charge is 0.477 e. The highest BCUT2D eigenvalue weighted by molar-refractivity contribution is 7.92. The van der Waals surface area contributed by atoms with E-state index in [0.717, 1.165) is 12.3 Å². The molecule has 0 radical (unpaired) electrons. The van der Waals surface area contributed by atoms with Crippen LogP contribution in [0.2, 0.25) is 0 Å². The highest BCUT2D eigenvalue weighted by Crippen LogP contribution is 2.11. The smallest absolute Gasteiger partial charge is 0.352 e. The number of nitrogens with one attached hydrogen (secondary N) is 2. The lowest BCUT2D eigenvalue weighted by Gasteiger charge is -2.06. The Balaban J connectivity index is 2.28. The second-order valence-electron chi connectivity index (χ2n) is 3.24. The average molecular weight is 255 g/mol. The van der Waals surface area contributed by atoms with Crippen molar-refractivity contribution < 1.29 is 18.3 Å². The lowest BCUT2D eigenvalue weighted by molar-refractivity contribution is 0.0691. The molecule has 0 aromatic carbocycles. The van der Waals surface area contributed by atoms with Crippen molar-refractivity contribution in [1.29, 1.82) is 0 Å². The normalized spacial score (nSPS) is 11.3. The minimum absolute atomic E-state index is 0.136. The second kappa shape index (κ2) is 3.98. The highest BCUT2D eigenvalue weighted by Gasteiger charge is 2.17. The van der Waals surface area contributed by atoms with Gasteiger partial charge in [-0.05, 0) is 18.2 Å². The van der Waals surface area contributed by atoms with Gasteiger partial charge in [0.1, 0.15) is 10.6 Å². The topological polar surface area (TPSA) is 104 Å². The molecular weight excluding hydrogens is 246 g/mol. The Bertz CT molecular complexity index is 627. The van der Waals surface area contributed by atoms with E-state index in [9.17, 15) is 13.2 Å². The lowest BCUT2D eigenvalue weighted by Crippen LogP contribution is -2.21. The lowest BCUT2D eigenvalue weighted by atomic mass is 10.4. The van der Waals surface area contributed by atoms with Crippen LogP contribution in [0.4, 0.5) is 0 Å². The summed E-state index contributed by atoms with van der Waals surface area (Å²) in [6.07, 6.45) is 4.15. The van der Waals surface area contributed by atoms with E-state index in [-0.39, 0.29) is 10.6 Å². The summed E-state index contributed by atoms with van der Waals surface area (Å²) in [4.78, 5) is 15.1. The first-order valence-electron chi connectivity index (χ1n) is 4.56. The Morgan fingerprint density at radius 1 is 1.35 bits per heavy atom. The molecule has 0 aliphatic heterocycles. The number of hydrogen-bond donors (Lipinski definition) is 3. The summed E-state index contributed by atoms with van der Waals surface area (Å²) in [7, 11) is -3.78. The predicted octanol–water partition coefficient (Wildman–Crippen LogP) is 0.447. The fraction of sp³-hybridized carbons (Fsp3) is 0. The number of aromatic carboxylic acids is 1. The van der Waals surface area contributed by atoms with Crippen molar-refractivity contribution in [3.63, 3.8) is 0 Å². The fourth-order valence-electron chi connectivity index (χ4n) is 1.24. The number of carbonyl (C=O) groups is 1. The van der Waals surface area contributed by atoms with Crippen molar-refractivity contribution in [1.82, 2.24) is 9.66 Å². The van der Waals surface area contributed by atoms with Gasteiger partial charge in [-0.25, -0.2) is 9.63 Å². The van der Waals surface area contributed by atoms with Gasteiger partial charge in [-0.15, -0.1) is 0 Å². The number of carboxylic acid groups (broad SMARTS) is 1. The first-order chi connectivity index (χ1) is 7.99. The van der Waals surface area contributed by atoms with Gasteiger partial charge >= 0.3 is 5.97 Å². The van der Waals surface area contributed by atoms with Crippen LogP contribution in [0.3, 0.4) is 0 Å². The van der Waals surface area contributed by atoms with E-state index in [1.807, 2.05) is 0 Å². The van der Waals surface area contributed by atoms with E-state index in [2.05, 4.69) is 9.82 Å². The van der Waals surface area contributed by atoms with E-state index in [1.54, 1.807) is 12.1 Å².